The molecule has 5 aromatic rings. The highest BCUT2D eigenvalue weighted by atomic mass is 15.4. The molecule has 0 aliphatic heterocycles. The number of hydrogen-bond acceptors (Lipinski definition) is 5. The van der Waals surface area contributed by atoms with E-state index in [0.29, 0.717) is 17.7 Å². The van der Waals surface area contributed by atoms with Gasteiger partial charge in [0, 0.05) is 29.9 Å². The second-order valence-corrected chi connectivity index (χ2v) is 7.05. The zero-order chi connectivity index (χ0) is 19.6. The zero-order valence-electron chi connectivity index (χ0n) is 16.0. The first-order valence-corrected chi connectivity index (χ1v) is 9.64. The lowest BCUT2D eigenvalue weighted by Gasteiger charge is -2.14. The van der Waals surface area contributed by atoms with E-state index in [4.69, 9.17) is 15.1 Å². The van der Waals surface area contributed by atoms with Gasteiger partial charge in [-0.05, 0) is 35.7 Å². The van der Waals surface area contributed by atoms with E-state index in [1.54, 1.807) is 16.9 Å². The van der Waals surface area contributed by atoms with E-state index in [0.717, 1.165) is 28.7 Å². The van der Waals surface area contributed by atoms with E-state index in [1.165, 1.54) is 5.56 Å². The second kappa shape index (κ2) is 7.31. The number of nitrogens with zero attached hydrogens (tertiary/aromatic N) is 5. The molecule has 0 spiro atoms. The van der Waals surface area contributed by atoms with E-state index < -0.39 is 0 Å². The molecule has 3 aromatic heterocycles. The van der Waals surface area contributed by atoms with Gasteiger partial charge in [-0.15, -0.1) is 5.10 Å². The molecule has 6 nitrogen and oxygen atoms in total. The van der Waals surface area contributed by atoms with Gasteiger partial charge in [0.05, 0.1) is 5.52 Å². The molecule has 29 heavy (non-hydrogen) atoms. The van der Waals surface area contributed by atoms with E-state index in [-0.39, 0.29) is 0 Å². The van der Waals surface area contributed by atoms with Crippen molar-refractivity contribution in [2.24, 2.45) is 0 Å². The fourth-order valence-electron chi connectivity index (χ4n) is 3.44. The third-order valence-electron chi connectivity index (χ3n) is 5.05. The largest absolute Gasteiger partial charge is 0.354 e. The van der Waals surface area contributed by atoms with Crippen molar-refractivity contribution in [3.63, 3.8) is 0 Å². The van der Waals surface area contributed by atoms with Crippen molar-refractivity contribution >= 4 is 22.5 Å². The van der Waals surface area contributed by atoms with Crippen molar-refractivity contribution in [2.45, 2.75) is 12.8 Å². The summed E-state index contributed by atoms with van der Waals surface area (Å²) >= 11 is 0. The fourth-order valence-corrected chi connectivity index (χ4v) is 3.44. The van der Waals surface area contributed by atoms with Gasteiger partial charge in [0.15, 0.2) is 11.5 Å². The predicted octanol–water partition coefficient (Wildman–Crippen LogP) is 4.56. The summed E-state index contributed by atoms with van der Waals surface area (Å²) in [6.45, 7) is 2.94. The van der Waals surface area contributed by atoms with Crippen LogP contribution in [0.2, 0.25) is 0 Å². The number of fused-ring (bicyclic) bond motifs is 3. The summed E-state index contributed by atoms with van der Waals surface area (Å²) in [6.07, 6.45) is 3.50. The quantitative estimate of drug-likeness (QED) is 0.484. The van der Waals surface area contributed by atoms with Gasteiger partial charge in [-0.2, -0.15) is 4.52 Å². The average Bonchev–Trinajstić information content (AvgIpc) is 3.24. The first-order chi connectivity index (χ1) is 14.3. The predicted molar refractivity (Wildman–Crippen MR) is 115 cm³/mol. The molecule has 0 aliphatic rings. The smallest absolute Gasteiger partial charge is 0.226 e. The summed E-state index contributed by atoms with van der Waals surface area (Å²) in [5.74, 6) is 1.68. The highest BCUT2D eigenvalue weighted by molar-refractivity contribution is 5.92. The molecule has 0 saturated heterocycles. The maximum atomic E-state index is 4.81. The van der Waals surface area contributed by atoms with Crippen LogP contribution in [-0.4, -0.2) is 31.1 Å². The van der Waals surface area contributed by atoms with Crippen LogP contribution in [0.3, 0.4) is 0 Å². The van der Waals surface area contributed by atoms with Gasteiger partial charge in [-0.3, -0.25) is 4.98 Å². The molecule has 0 unspecified atom stereocenters. The van der Waals surface area contributed by atoms with Crippen molar-refractivity contribution in [3.05, 3.63) is 84.7 Å². The zero-order valence-corrected chi connectivity index (χ0v) is 16.0. The molecule has 0 bridgehead atoms. The lowest BCUT2D eigenvalue weighted by Crippen LogP contribution is -2.14. The first kappa shape index (κ1) is 17.3. The third-order valence-corrected chi connectivity index (χ3v) is 5.05. The topological polar surface area (TPSA) is 68.0 Å². The summed E-state index contributed by atoms with van der Waals surface area (Å²) in [5, 5.41) is 9.19. The third kappa shape index (κ3) is 3.29. The average molecular weight is 380 g/mol. The molecular weight excluding hydrogens is 360 g/mol. The molecule has 0 aliphatic carbocycles. The number of nitrogens with one attached hydrogen (secondary N) is 1. The second-order valence-electron chi connectivity index (χ2n) is 7.05. The van der Waals surface area contributed by atoms with Crippen molar-refractivity contribution in [3.8, 4) is 11.4 Å². The minimum Gasteiger partial charge on any atom is -0.354 e. The normalized spacial score (nSPS) is 12.3. The van der Waals surface area contributed by atoms with E-state index in [9.17, 15) is 0 Å². The van der Waals surface area contributed by atoms with Gasteiger partial charge in [0.1, 0.15) is 0 Å². The maximum absolute atomic E-state index is 4.81. The maximum Gasteiger partial charge on any atom is 0.226 e. The summed E-state index contributed by atoms with van der Waals surface area (Å²) < 4.78 is 1.80. The molecule has 2 aromatic carbocycles. The van der Waals surface area contributed by atoms with Crippen LogP contribution in [0.4, 0.5) is 5.95 Å². The van der Waals surface area contributed by atoms with Crippen LogP contribution in [0.25, 0.3) is 27.9 Å². The lowest BCUT2D eigenvalue weighted by atomic mass is 10.0. The molecule has 0 amide bonds. The standard InChI is InChI=1S/C23H20N6/c1-16(17-7-3-2-4-8-17)15-25-23-26-20-10-6-5-9-19(20)22-27-21(28-29(22)23)18-11-13-24-14-12-18/h2-14,16H,15H2,1H3,(H,25,26)/t16-/m0/s1. The Bertz CT molecular complexity index is 1260. The monoisotopic (exact) mass is 380 g/mol. The number of para-hydroxylation sites is 1. The van der Waals surface area contributed by atoms with Gasteiger partial charge >= 0.3 is 0 Å². The molecule has 1 N–H and O–H groups in total. The van der Waals surface area contributed by atoms with E-state index >= 15 is 0 Å². The van der Waals surface area contributed by atoms with Crippen LogP contribution in [-0.2, 0) is 0 Å². The molecule has 0 radical (unpaired) electrons. The Kier molecular flexibility index (Phi) is 4.37. The SMILES string of the molecule is C[C@@H](CNc1nc2ccccc2c2nc(-c3ccncc3)nn12)c1ccccc1. The van der Waals surface area contributed by atoms with Crippen molar-refractivity contribution < 1.29 is 0 Å². The minimum absolute atomic E-state index is 0.336. The van der Waals surface area contributed by atoms with Gasteiger partial charge in [0.25, 0.3) is 0 Å². The van der Waals surface area contributed by atoms with Gasteiger partial charge in [-0.1, -0.05) is 49.4 Å². The summed E-state index contributed by atoms with van der Waals surface area (Å²) in [7, 11) is 0. The molecule has 6 heteroatoms. The molecule has 0 saturated carbocycles. The van der Waals surface area contributed by atoms with Crippen LogP contribution >= 0.6 is 0 Å². The Morgan fingerprint density at radius 1 is 0.897 bits per heavy atom. The molecule has 1 atom stereocenters. The van der Waals surface area contributed by atoms with Gasteiger partial charge in [-0.25, -0.2) is 9.97 Å². The summed E-state index contributed by atoms with van der Waals surface area (Å²) in [5.41, 5.74) is 3.89. The first-order valence-electron chi connectivity index (χ1n) is 9.64. The number of rotatable bonds is 5. The number of benzene rings is 2. The van der Waals surface area contributed by atoms with E-state index in [1.807, 2.05) is 42.5 Å². The fraction of sp³-hybridized carbons (Fsp3) is 0.130. The van der Waals surface area contributed by atoms with Crippen LogP contribution in [0.1, 0.15) is 18.4 Å². The van der Waals surface area contributed by atoms with Crippen molar-refractivity contribution in [2.75, 3.05) is 11.9 Å². The van der Waals surface area contributed by atoms with Crippen LogP contribution in [0.5, 0.6) is 0 Å². The van der Waals surface area contributed by atoms with Gasteiger partial charge < -0.3 is 5.32 Å². The van der Waals surface area contributed by atoms with Crippen LogP contribution in [0, 0.1) is 0 Å². The molecule has 142 valence electrons. The van der Waals surface area contributed by atoms with Crippen molar-refractivity contribution in [1.82, 2.24) is 24.6 Å². The van der Waals surface area contributed by atoms with Crippen LogP contribution < -0.4 is 5.32 Å². The Labute approximate surface area is 168 Å². The number of hydrogen-bond donors (Lipinski definition) is 1. The van der Waals surface area contributed by atoms with E-state index in [2.05, 4.69) is 41.5 Å². The molecule has 0 fully saturated rings. The number of anilines is 1. The molecular formula is C23H20N6. The molecule has 5 rings (SSSR count). The highest BCUT2D eigenvalue weighted by Crippen LogP contribution is 2.24. The Morgan fingerprint density at radius 3 is 2.48 bits per heavy atom. The molecule has 3 heterocycles. The Balaban J connectivity index is 1.57. The summed E-state index contributed by atoms with van der Waals surface area (Å²) in [6, 6.07) is 22.3. The minimum atomic E-state index is 0.336. The van der Waals surface area contributed by atoms with Crippen molar-refractivity contribution in [1.29, 1.82) is 0 Å². The number of pyridine rings is 1. The van der Waals surface area contributed by atoms with Crippen LogP contribution in [0.15, 0.2) is 79.1 Å². The number of aromatic nitrogens is 5. The highest BCUT2D eigenvalue weighted by Gasteiger charge is 2.15. The lowest BCUT2D eigenvalue weighted by molar-refractivity contribution is 0.788. The Hall–Kier alpha value is -3.80. The van der Waals surface area contributed by atoms with Gasteiger partial charge in [0.2, 0.25) is 5.95 Å². The Morgan fingerprint density at radius 2 is 1.66 bits per heavy atom. The summed E-state index contributed by atoms with van der Waals surface area (Å²) in [4.78, 5) is 13.7.